The Balaban J connectivity index is 2.48. The maximum absolute atomic E-state index is 11.9. The molecule has 0 aromatic heterocycles. The molecule has 0 atom stereocenters. The van der Waals surface area contributed by atoms with E-state index in [1.807, 2.05) is 6.07 Å². The molecule has 1 aromatic rings. The van der Waals surface area contributed by atoms with Crippen LogP contribution in [-0.2, 0) is 14.3 Å². The number of ether oxygens (including phenoxy) is 1. The molecule has 1 heterocycles. The van der Waals surface area contributed by atoms with Crippen molar-refractivity contribution in [3.8, 4) is 0 Å². The van der Waals surface area contributed by atoms with Crippen LogP contribution in [0.4, 0.5) is 5.69 Å². The first kappa shape index (κ1) is 13.8. The average molecular weight is 325 g/mol. The predicted molar refractivity (Wildman–Crippen MR) is 75.0 cm³/mol. The molecular formula is C13H13BrN2O3. The van der Waals surface area contributed by atoms with Gasteiger partial charge in [-0.2, -0.15) is 0 Å². The van der Waals surface area contributed by atoms with Crippen LogP contribution in [0.5, 0.6) is 0 Å². The molecule has 0 spiro atoms. The number of hydrazine groups is 1. The lowest BCUT2D eigenvalue weighted by Gasteiger charge is -2.16. The summed E-state index contributed by atoms with van der Waals surface area (Å²) in [5.41, 5.74) is 1.57. The van der Waals surface area contributed by atoms with Gasteiger partial charge in [-0.1, -0.05) is 22.0 Å². The summed E-state index contributed by atoms with van der Waals surface area (Å²) in [5, 5.41) is 1.06. The van der Waals surface area contributed by atoms with Crippen molar-refractivity contribution in [2.75, 3.05) is 11.6 Å². The Labute approximate surface area is 119 Å². The summed E-state index contributed by atoms with van der Waals surface area (Å²) in [7, 11) is 0. The molecule has 5 nitrogen and oxygen atoms in total. The number of anilines is 1. The SMILES string of the molecule is CCOC(=O)C1=Cc2ccc(Br)cc2N(N)C(=O)C1. The smallest absolute Gasteiger partial charge is 0.334 e. The van der Waals surface area contributed by atoms with Crippen molar-refractivity contribution < 1.29 is 14.3 Å². The highest BCUT2D eigenvalue weighted by Crippen LogP contribution is 2.29. The fraction of sp³-hybridized carbons (Fsp3) is 0.231. The van der Waals surface area contributed by atoms with Crippen molar-refractivity contribution in [2.24, 2.45) is 5.84 Å². The number of fused-ring (bicyclic) bond motifs is 1. The Bertz CT molecular complexity index is 569. The van der Waals surface area contributed by atoms with Gasteiger partial charge in [0.1, 0.15) is 0 Å². The van der Waals surface area contributed by atoms with Gasteiger partial charge in [0.2, 0.25) is 5.91 Å². The van der Waals surface area contributed by atoms with E-state index in [2.05, 4.69) is 15.9 Å². The van der Waals surface area contributed by atoms with Gasteiger partial charge in [0.15, 0.2) is 0 Å². The summed E-state index contributed by atoms with van der Waals surface area (Å²) < 4.78 is 5.74. The number of rotatable bonds is 2. The Hall–Kier alpha value is -1.66. The number of esters is 1. The number of halogens is 1. The van der Waals surface area contributed by atoms with Crippen LogP contribution in [0, 0.1) is 0 Å². The average Bonchev–Trinajstić information content (AvgIpc) is 2.49. The fourth-order valence-electron chi connectivity index (χ4n) is 1.82. The predicted octanol–water partition coefficient (Wildman–Crippen LogP) is 2.01. The lowest BCUT2D eigenvalue weighted by Crippen LogP contribution is -2.37. The molecule has 6 heteroatoms. The summed E-state index contributed by atoms with van der Waals surface area (Å²) in [6.07, 6.45) is 1.58. The molecule has 1 aliphatic heterocycles. The second kappa shape index (κ2) is 5.54. The first-order valence-corrected chi connectivity index (χ1v) is 6.57. The van der Waals surface area contributed by atoms with Crippen LogP contribution in [0.2, 0.25) is 0 Å². The molecule has 1 amide bonds. The first-order chi connectivity index (χ1) is 9.02. The first-order valence-electron chi connectivity index (χ1n) is 5.78. The van der Waals surface area contributed by atoms with Gasteiger partial charge >= 0.3 is 5.97 Å². The number of hydrogen-bond donors (Lipinski definition) is 1. The molecule has 19 heavy (non-hydrogen) atoms. The van der Waals surface area contributed by atoms with Crippen molar-refractivity contribution in [1.82, 2.24) is 0 Å². The molecular weight excluding hydrogens is 312 g/mol. The molecule has 0 unspecified atom stereocenters. The van der Waals surface area contributed by atoms with E-state index in [-0.39, 0.29) is 18.9 Å². The van der Waals surface area contributed by atoms with Crippen molar-refractivity contribution in [2.45, 2.75) is 13.3 Å². The van der Waals surface area contributed by atoms with Crippen molar-refractivity contribution in [3.63, 3.8) is 0 Å². The van der Waals surface area contributed by atoms with Gasteiger partial charge in [0, 0.05) is 15.6 Å². The Kier molecular flexibility index (Phi) is 4.01. The summed E-state index contributed by atoms with van der Waals surface area (Å²) in [4.78, 5) is 23.7. The van der Waals surface area contributed by atoms with E-state index in [4.69, 9.17) is 10.6 Å². The van der Waals surface area contributed by atoms with Gasteiger partial charge < -0.3 is 4.74 Å². The molecule has 0 saturated carbocycles. The van der Waals surface area contributed by atoms with E-state index in [9.17, 15) is 9.59 Å². The lowest BCUT2D eigenvalue weighted by molar-refractivity contribution is -0.139. The monoisotopic (exact) mass is 324 g/mol. The van der Waals surface area contributed by atoms with Crippen LogP contribution >= 0.6 is 15.9 Å². The second-order valence-electron chi connectivity index (χ2n) is 4.03. The maximum atomic E-state index is 11.9. The maximum Gasteiger partial charge on any atom is 0.334 e. The molecule has 2 rings (SSSR count). The summed E-state index contributed by atoms with van der Waals surface area (Å²) in [6.45, 7) is 1.99. The number of amides is 1. The second-order valence-corrected chi connectivity index (χ2v) is 4.95. The van der Waals surface area contributed by atoms with Gasteiger partial charge in [0.05, 0.1) is 18.7 Å². The van der Waals surface area contributed by atoms with Crippen LogP contribution in [0.3, 0.4) is 0 Å². The zero-order valence-electron chi connectivity index (χ0n) is 10.4. The largest absolute Gasteiger partial charge is 0.463 e. The lowest BCUT2D eigenvalue weighted by atomic mass is 10.1. The van der Waals surface area contributed by atoms with Crippen LogP contribution < -0.4 is 10.9 Å². The third-order valence-corrected chi connectivity index (χ3v) is 3.22. The Morgan fingerprint density at radius 2 is 2.26 bits per heavy atom. The molecule has 0 fully saturated rings. The number of hydrogen-bond acceptors (Lipinski definition) is 4. The molecule has 0 aliphatic carbocycles. The highest BCUT2D eigenvalue weighted by atomic mass is 79.9. The minimum atomic E-state index is -0.486. The number of carbonyl (C=O) groups is 2. The van der Waals surface area contributed by atoms with Crippen LogP contribution in [0.15, 0.2) is 28.2 Å². The topological polar surface area (TPSA) is 72.6 Å². The van der Waals surface area contributed by atoms with Crippen LogP contribution in [0.1, 0.15) is 18.9 Å². The zero-order valence-corrected chi connectivity index (χ0v) is 11.9. The van der Waals surface area contributed by atoms with Gasteiger partial charge in [0.25, 0.3) is 0 Å². The molecule has 0 saturated heterocycles. The number of nitrogens with zero attached hydrogens (tertiary/aromatic N) is 1. The fourth-order valence-corrected chi connectivity index (χ4v) is 2.17. The molecule has 0 bridgehead atoms. The minimum absolute atomic E-state index is 0.0678. The van der Waals surface area contributed by atoms with E-state index in [1.54, 1.807) is 25.1 Å². The third-order valence-electron chi connectivity index (χ3n) is 2.73. The third kappa shape index (κ3) is 2.85. The van der Waals surface area contributed by atoms with Crippen LogP contribution in [-0.4, -0.2) is 18.5 Å². The van der Waals surface area contributed by atoms with E-state index >= 15 is 0 Å². The van der Waals surface area contributed by atoms with E-state index < -0.39 is 5.97 Å². The molecule has 2 N–H and O–H groups in total. The minimum Gasteiger partial charge on any atom is -0.463 e. The zero-order chi connectivity index (χ0) is 14.0. The molecule has 0 radical (unpaired) electrons. The van der Waals surface area contributed by atoms with Crippen LogP contribution in [0.25, 0.3) is 6.08 Å². The van der Waals surface area contributed by atoms with Crippen molar-refractivity contribution in [3.05, 3.63) is 33.8 Å². The summed E-state index contributed by atoms with van der Waals surface area (Å²) >= 11 is 3.33. The molecule has 100 valence electrons. The quantitative estimate of drug-likeness (QED) is 0.513. The molecule has 1 aromatic carbocycles. The normalized spacial score (nSPS) is 14.6. The number of benzene rings is 1. The van der Waals surface area contributed by atoms with E-state index in [0.29, 0.717) is 16.8 Å². The van der Waals surface area contributed by atoms with Gasteiger partial charge in [-0.3, -0.25) is 4.79 Å². The van der Waals surface area contributed by atoms with Crippen molar-refractivity contribution in [1.29, 1.82) is 0 Å². The number of carbonyl (C=O) groups excluding carboxylic acids is 2. The Morgan fingerprint density at radius 1 is 1.53 bits per heavy atom. The highest BCUT2D eigenvalue weighted by molar-refractivity contribution is 9.10. The summed E-state index contributed by atoms with van der Waals surface area (Å²) in [5.74, 6) is 4.94. The Morgan fingerprint density at radius 3 is 2.95 bits per heavy atom. The number of nitrogens with two attached hydrogens (primary N) is 1. The highest BCUT2D eigenvalue weighted by Gasteiger charge is 2.24. The van der Waals surface area contributed by atoms with Gasteiger partial charge in [-0.15, -0.1) is 0 Å². The van der Waals surface area contributed by atoms with Crippen molar-refractivity contribution >= 4 is 39.6 Å². The summed E-state index contributed by atoms with van der Waals surface area (Å²) in [6, 6.07) is 5.34. The van der Waals surface area contributed by atoms with E-state index in [0.717, 1.165) is 9.48 Å². The van der Waals surface area contributed by atoms with Gasteiger partial charge in [-0.05, 0) is 25.1 Å². The molecule has 1 aliphatic rings. The van der Waals surface area contributed by atoms with E-state index in [1.165, 1.54) is 0 Å². The standard InChI is InChI=1S/C13H13BrN2O3/c1-2-19-13(18)9-5-8-3-4-10(14)7-11(8)16(15)12(17)6-9/h3-5,7H,2,6,15H2,1H3. The van der Waals surface area contributed by atoms with Gasteiger partial charge in [-0.25, -0.2) is 15.6 Å².